The highest BCUT2D eigenvalue weighted by Crippen LogP contribution is 2.22. The maximum Gasteiger partial charge on any atom is 0.129 e. The summed E-state index contributed by atoms with van der Waals surface area (Å²) in [6, 6.07) is 18.8. The van der Waals surface area contributed by atoms with Gasteiger partial charge in [-0.1, -0.05) is 73.9 Å². The van der Waals surface area contributed by atoms with Crippen molar-refractivity contribution in [2.75, 3.05) is 0 Å². The molecule has 23 heavy (non-hydrogen) atoms. The lowest BCUT2D eigenvalue weighted by atomic mass is 9.95. The summed E-state index contributed by atoms with van der Waals surface area (Å²) in [7, 11) is 0. The van der Waals surface area contributed by atoms with E-state index in [0.29, 0.717) is 12.6 Å². The van der Waals surface area contributed by atoms with Crippen LogP contribution in [0, 0.1) is 0 Å². The molecule has 120 valence electrons. The van der Waals surface area contributed by atoms with E-state index >= 15 is 0 Å². The summed E-state index contributed by atoms with van der Waals surface area (Å²) in [5.74, 6) is 0.852. The molecule has 3 heteroatoms. The van der Waals surface area contributed by atoms with E-state index in [2.05, 4.69) is 17.4 Å². The van der Waals surface area contributed by atoms with Crippen LogP contribution in [-0.2, 0) is 6.61 Å². The third-order valence-corrected chi connectivity index (χ3v) is 4.65. The van der Waals surface area contributed by atoms with E-state index in [0.717, 1.165) is 21.9 Å². The Hall–Kier alpha value is -1.87. The summed E-state index contributed by atoms with van der Waals surface area (Å²) in [6.07, 6.45) is 6.38. The molecule has 2 aromatic carbocycles. The average Bonchev–Trinajstić information content (AvgIpc) is 2.62. The Bertz CT molecular complexity index is 635. The monoisotopic (exact) mass is 325 g/mol. The lowest BCUT2D eigenvalue weighted by Gasteiger charge is -2.24. The highest BCUT2D eigenvalue weighted by molar-refractivity contribution is 7.80. The topological polar surface area (TPSA) is 21.3 Å². The maximum atomic E-state index is 6.01. The van der Waals surface area contributed by atoms with Crippen LogP contribution in [0.1, 0.15) is 43.2 Å². The van der Waals surface area contributed by atoms with Crippen LogP contribution in [0.3, 0.4) is 0 Å². The summed E-state index contributed by atoms with van der Waals surface area (Å²) < 4.78 is 6.01. The molecule has 0 atom stereocenters. The summed E-state index contributed by atoms with van der Waals surface area (Å²) in [4.78, 5) is 0.806. The average molecular weight is 325 g/mol. The van der Waals surface area contributed by atoms with E-state index in [4.69, 9.17) is 17.0 Å². The SMILES string of the molecule is S=C(NC1CCCCC1)c1ccccc1OCc1ccccc1. The first-order chi connectivity index (χ1) is 11.3. The van der Waals surface area contributed by atoms with Crippen LogP contribution in [0.4, 0.5) is 0 Å². The van der Waals surface area contributed by atoms with E-state index in [1.807, 2.05) is 42.5 Å². The molecular formula is C20H23NOS. The molecule has 0 saturated heterocycles. The molecule has 0 heterocycles. The van der Waals surface area contributed by atoms with E-state index in [1.54, 1.807) is 0 Å². The van der Waals surface area contributed by atoms with Crippen LogP contribution >= 0.6 is 12.2 Å². The molecule has 0 aromatic heterocycles. The summed E-state index contributed by atoms with van der Waals surface area (Å²) in [5.41, 5.74) is 2.15. The largest absolute Gasteiger partial charge is 0.488 e. The summed E-state index contributed by atoms with van der Waals surface area (Å²) in [5, 5.41) is 3.53. The molecule has 1 fully saturated rings. The Morgan fingerprint density at radius 2 is 1.65 bits per heavy atom. The molecule has 0 bridgehead atoms. The van der Waals surface area contributed by atoms with E-state index in [9.17, 15) is 0 Å². The van der Waals surface area contributed by atoms with Crippen molar-refractivity contribution in [3.8, 4) is 5.75 Å². The molecule has 2 nitrogen and oxygen atoms in total. The van der Waals surface area contributed by atoms with E-state index in [1.165, 1.54) is 32.1 Å². The zero-order chi connectivity index (χ0) is 15.9. The fourth-order valence-electron chi connectivity index (χ4n) is 3.03. The van der Waals surface area contributed by atoms with Gasteiger partial charge in [-0.25, -0.2) is 0 Å². The van der Waals surface area contributed by atoms with E-state index in [-0.39, 0.29) is 0 Å². The third kappa shape index (κ3) is 4.55. The van der Waals surface area contributed by atoms with Gasteiger partial charge in [0.1, 0.15) is 17.3 Å². The Morgan fingerprint density at radius 3 is 2.43 bits per heavy atom. The van der Waals surface area contributed by atoms with Crippen molar-refractivity contribution in [2.24, 2.45) is 0 Å². The second-order valence-corrected chi connectivity index (χ2v) is 6.49. The number of thiocarbonyl (C=S) groups is 1. The molecule has 1 aliphatic rings. The van der Waals surface area contributed by atoms with Crippen molar-refractivity contribution in [3.63, 3.8) is 0 Å². The van der Waals surface area contributed by atoms with Crippen molar-refractivity contribution < 1.29 is 4.74 Å². The quantitative estimate of drug-likeness (QED) is 0.793. The first kappa shape index (κ1) is 16.0. The number of benzene rings is 2. The van der Waals surface area contributed by atoms with Gasteiger partial charge in [0, 0.05) is 6.04 Å². The van der Waals surface area contributed by atoms with Gasteiger partial charge in [-0.15, -0.1) is 0 Å². The molecule has 3 rings (SSSR count). The summed E-state index contributed by atoms with van der Waals surface area (Å²) >= 11 is 5.63. The van der Waals surface area contributed by atoms with Crippen LogP contribution in [-0.4, -0.2) is 11.0 Å². The Labute approximate surface area is 143 Å². The van der Waals surface area contributed by atoms with Crippen molar-refractivity contribution in [1.29, 1.82) is 0 Å². The number of hydrogen-bond donors (Lipinski definition) is 1. The fourth-order valence-corrected chi connectivity index (χ4v) is 3.36. The molecule has 1 N–H and O–H groups in total. The first-order valence-corrected chi connectivity index (χ1v) is 8.80. The lowest BCUT2D eigenvalue weighted by molar-refractivity contribution is 0.305. The smallest absolute Gasteiger partial charge is 0.129 e. The molecular weight excluding hydrogens is 302 g/mol. The lowest BCUT2D eigenvalue weighted by Crippen LogP contribution is -2.35. The summed E-state index contributed by atoms with van der Waals surface area (Å²) in [6.45, 7) is 0.559. The zero-order valence-corrected chi connectivity index (χ0v) is 14.1. The van der Waals surface area contributed by atoms with Crippen LogP contribution in [0.25, 0.3) is 0 Å². The van der Waals surface area contributed by atoms with Crippen LogP contribution < -0.4 is 10.1 Å². The fraction of sp³-hybridized carbons (Fsp3) is 0.350. The third-order valence-electron chi connectivity index (χ3n) is 4.31. The van der Waals surface area contributed by atoms with Gasteiger partial charge >= 0.3 is 0 Å². The van der Waals surface area contributed by atoms with Gasteiger partial charge in [0.2, 0.25) is 0 Å². The standard InChI is InChI=1S/C20H23NOS/c23-20(21-17-11-5-2-6-12-17)18-13-7-8-14-19(18)22-15-16-9-3-1-4-10-16/h1,3-4,7-10,13-14,17H,2,5-6,11-12,15H2,(H,21,23). The molecule has 0 aliphatic heterocycles. The molecule has 0 unspecified atom stereocenters. The van der Waals surface area contributed by atoms with Gasteiger partial charge < -0.3 is 10.1 Å². The minimum absolute atomic E-state index is 0.512. The zero-order valence-electron chi connectivity index (χ0n) is 13.3. The normalized spacial score (nSPS) is 15.1. The predicted molar refractivity (Wildman–Crippen MR) is 98.9 cm³/mol. The molecule has 0 amide bonds. The Morgan fingerprint density at radius 1 is 0.957 bits per heavy atom. The van der Waals surface area contributed by atoms with Crippen LogP contribution in [0.5, 0.6) is 5.75 Å². The predicted octanol–water partition coefficient (Wildman–Crippen LogP) is 4.86. The number of nitrogens with one attached hydrogen (secondary N) is 1. The Balaban J connectivity index is 1.65. The maximum absolute atomic E-state index is 6.01. The minimum atomic E-state index is 0.512. The number of rotatable bonds is 5. The van der Waals surface area contributed by atoms with Gasteiger partial charge in [0.25, 0.3) is 0 Å². The van der Waals surface area contributed by atoms with Crippen molar-refractivity contribution in [2.45, 2.75) is 44.8 Å². The highest BCUT2D eigenvalue weighted by Gasteiger charge is 2.16. The molecule has 1 aliphatic carbocycles. The number of ether oxygens (including phenoxy) is 1. The van der Waals surface area contributed by atoms with Gasteiger partial charge in [-0.05, 0) is 30.5 Å². The minimum Gasteiger partial charge on any atom is -0.488 e. The molecule has 2 aromatic rings. The van der Waals surface area contributed by atoms with Crippen LogP contribution in [0.15, 0.2) is 54.6 Å². The van der Waals surface area contributed by atoms with E-state index < -0.39 is 0 Å². The second-order valence-electron chi connectivity index (χ2n) is 6.08. The van der Waals surface area contributed by atoms with Crippen molar-refractivity contribution in [1.82, 2.24) is 5.32 Å². The first-order valence-electron chi connectivity index (χ1n) is 8.39. The molecule has 0 spiro atoms. The van der Waals surface area contributed by atoms with Gasteiger partial charge in [0.05, 0.1) is 5.56 Å². The second kappa shape index (κ2) is 8.11. The van der Waals surface area contributed by atoms with Gasteiger partial charge in [-0.3, -0.25) is 0 Å². The van der Waals surface area contributed by atoms with Crippen LogP contribution in [0.2, 0.25) is 0 Å². The Kier molecular flexibility index (Phi) is 5.65. The molecule has 0 radical (unpaired) electrons. The van der Waals surface area contributed by atoms with Crippen molar-refractivity contribution in [3.05, 3.63) is 65.7 Å². The highest BCUT2D eigenvalue weighted by atomic mass is 32.1. The number of hydrogen-bond acceptors (Lipinski definition) is 2. The van der Waals surface area contributed by atoms with Gasteiger partial charge in [-0.2, -0.15) is 0 Å². The number of para-hydroxylation sites is 1. The molecule has 1 saturated carbocycles. The van der Waals surface area contributed by atoms with Gasteiger partial charge in [0.15, 0.2) is 0 Å². The van der Waals surface area contributed by atoms with Crippen molar-refractivity contribution >= 4 is 17.2 Å².